The van der Waals surface area contributed by atoms with Crippen LogP contribution >= 0.6 is 11.6 Å². The van der Waals surface area contributed by atoms with Gasteiger partial charge in [-0.15, -0.1) is 0 Å². The predicted octanol–water partition coefficient (Wildman–Crippen LogP) is 3.73. The van der Waals surface area contributed by atoms with Crippen LogP contribution in [0, 0.1) is 0 Å². The molecule has 0 radical (unpaired) electrons. The second kappa shape index (κ2) is 6.69. The average Bonchev–Trinajstić information content (AvgIpc) is 2.54. The van der Waals surface area contributed by atoms with Crippen molar-refractivity contribution < 1.29 is 13.2 Å². The van der Waals surface area contributed by atoms with Crippen LogP contribution in [-0.4, -0.2) is 26.9 Å². The van der Waals surface area contributed by atoms with Gasteiger partial charge in [-0.2, -0.15) is 4.31 Å². The molecule has 2 aromatic rings. The van der Waals surface area contributed by atoms with Crippen LogP contribution in [0.2, 0.25) is 5.02 Å². The third kappa shape index (κ3) is 3.27. The highest BCUT2D eigenvalue weighted by molar-refractivity contribution is 7.89. The maximum absolute atomic E-state index is 12.7. The molecular formula is C16H18ClNO3S. The van der Waals surface area contributed by atoms with Crippen LogP contribution in [0.1, 0.15) is 18.5 Å². The summed E-state index contributed by atoms with van der Waals surface area (Å²) in [5.41, 5.74) is 0.767. The zero-order chi connectivity index (χ0) is 16.3. The van der Waals surface area contributed by atoms with Crippen molar-refractivity contribution in [3.8, 4) is 5.75 Å². The zero-order valence-corrected chi connectivity index (χ0v) is 14.2. The fourth-order valence-electron chi connectivity index (χ4n) is 2.13. The van der Waals surface area contributed by atoms with E-state index in [9.17, 15) is 8.42 Å². The van der Waals surface area contributed by atoms with E-state index in [4.69, 9.17) is 16.3 Å². The fraction of sp³-hybridized carbons (Fsp3) is 0.250. The Morgan fingerprint density at radius 3 is 2.23 bits per heavy atom. The topological polar surface area (TPSA) is 46.6 Å². The molecule has 0 heterocycles. The molecule has 0 fully saturated rings. The van der Waals surface area contributed by atoms with Gasteiger partial charge in [0.15, 0.2) is 0 Å². The van der Waals surface area contributed by atoms with Gasteiger partial charge in [-0.05, 0) is 42.8 Å². The first-order valence-electron chi connectivity index (χ1n) is 6.74. The molecule has 22 heavy (non-hydrogen) atoms. The lowest BCUT2D eigenvalue weighted by Crippen LogP contribution is -2.30. The first-order chi connectivity index (χ1) is 10.4. The second-order valence-corrected chi connectivity index (χ2v) is 7.30. The van der Waals surface area contributed by atoms with Gasteiger partial charge in [0.25, 0.3) is 0 Å². The Labute approximate surface area is 136 Å². The van der Waals surface area contributed by atoms with E-state index in [-0.39, 0.29) is 10.9 Å². The number of sulfonamides is 1. The van der Waals surface area contributed by atoms with Crippen LogP contribution in [0.4, 0.5) is 0 Å². The van der Waals surface area contributed by atoms with E-state index >= 15 is 0 Å². The van der Waals surface area contributed by atoms with Gasteiger partial charge in [-0.25, -0.2) is 8.42 Å². The van der Waals surface area contributed by atoms with Gasteiger partial charge in [0, 0.05) is 18.1 Å². The number of methoxy groups -OCH3 is 1. The molecule has 6 heteroatoms. The first-order valence-corrected chi connectivity index (χ1v) is 8.56. The van der Waals surface area contributed by atoms with Crippen LogP contribution < -0.4 is 4.74 Å². The van der Waals surface area contributed by atoms with E-state index in [0.29, 0.717) is 10.8 Å². The molecule has 0 saturated carbocycles. The minimum absolute atomic E-state index is 0.217. The minimum atomic E-state index is -3.61. The Morgan fingerprint density at radius 1 is 1.09 bits per heavy atom. The number of benzene rings is 2. The number of rotatable bonds is 5. The highest BCUT2D eigenvalue weighted by Crippen LogP contribution is 2.30. The molecule has 0 amide bonds. The molecule has 0 spiro atoms. The second-order valence-electron chi connectivity index (χ2n) is 4.89. The summed E-state index contributed by atoms with van der Waals surface area (Å²) in [7, 11) is -0.523. The number of hydrogen-bond acceptors (Lipinski definition) is 3. The van der Waals surface area contributed by atoms with Gasteiger partial charge in [0.1, 0.15) is 5.75 Å². The molecule has 0 N–H and O–H groups in total. The van der Waals surface area contributed by atoms with E-state index < -0.39 is 10.0 Å². The molecule has 1 atom stereocenters. The van der Waals surface area contributed by atoms with Crippen molar-refractivity contribution in [2.45, 2.75) is 17.9 Å². The Bertz CT molecular complexity index is 744. The Kier molecular flexibility index (Phi) is 5.11. The third-order valence-corrected chi connectivity index (χ3v) is 5.92. The highest BCUT2D eigenvalue weighted by atomic mass is 35.5. The summed E-state index contributed by atoms with van der Waals surface area (Å²) in [6.45, 7) is 1.81. The summed E-state index contributed by atoms with van der Waals surface area (Å²) in [6, 6.07) is 13.2. The lowest BCUT2D eigenvalue weighted by molar-refractivity contribution is 0.398. The van der Waals surface area contributed by atoms with Crippen molar-refractivity contribution >= 4 is 21.6 Å². The fourth-order valence-corrected chi connectivity index (χ4v) is 3.77. The largest absolute Gasteiger partial charge is 0.497 e. The molecule has 2 rings (SSSR count). The quantitative estimate of drug-likeness (QED) is 0.833. The number of hydrogen-bond donors (Lipinski definition) is 0. The average molecular weight is 340 g/mol. The standard InChI is InChI=1S/C16H18ClNO3S/c1-12(15-6-4-5-7-16(15)17)18(2)22(19,20)14-10-8-13(21-3)9-11-14/h4-12H,1-3H3. The normalized spacial score (nSPS) is 13.1. The van der Waals surface area contributed by atoms with Gasteiger partial charge >= 0.3 is 0 Å². The van der Waals surface area contributed by atoms with Gasteiger partial charge < -0.3 is 4.74 Å². The summed E-state index contributed by atoms with van der Waals surface area (Å²) in [4.78, 5) is 0.217. The zero-order valence-electron chi connectivity index (χ0n) is 12.7. The maximum Gasteiger partial charge on any atom is 0.243 e. The molecule has 4 nitrogen and oxygen atoms in total. The molecule has 0 aliphatic carbocycles. The predicted molar refractivity (Wildman–Crippen MR) is 87.8 cm³/mol. The monoisotopic (exact) mass is 339 g/mol. The summed E-state index contributed by atoms with van der Waals surface area (Å²) in [6.07, 6.45) is 0. The van der Waals surface area contributed by atoms with E-state index in [0.717, 1.165) is 5.56 Å². The van der Waals surface area contributed by atoms with Gasteiger partial charge in [-0.1, -0.05) is 29.8 Å². The Balaban J connectivity index is 2.33. The first kappa shape index (κ1) is 16.8. The van der Waals surface area contributed by atoms with Crippen molar-refractivity contribution in [3.63, 3.8) is 0 Å². The molecule has 118 valence electrons. The lowest BCUT2D eigenvalue weighted by Gasteiger charge is -2.25. The number of halogens is 1. The number of nitrogens with zero attached hydrogens (tertiary/aromatic N) is 1. The lowest BCUT2D eigenvalue weighted by atomic mass is 10.1. The number of ether oxygens (including phenoxy) is 1. The van der Waals surface area contributed by atoms with E-state index in [1.165, 1.54) is 23.5 Å². The Morgan fingerprint density at radius 2 is 1.68 bits per heavy atom. The molecule has 0 aliphatic rings. The molecule has 0 saturated heterocycles. The van der Waals surface area contributed by atoms with Crippen LogP contribution in [0.15, 0.2) is 53.4 Å². The van der Waals surface area contributed by atoms with E-state index in [2.05, 4.69) is 0 Å². The van der Waals surface area contributed by atoms with E-state index in [1.54, 1.807) is 25.2 Å². The molecular weight excluding hydrogens is 322 g/mol. The molecule has 2 aromatic carbocycles. The summed E-state index contributed by atoms with van der Waals surface area (Å²) < 4.78 is 31.8. The SMILES string of the molecule is COc1ccc(S(=O)(=O)N(C)C(C)c2ccccc2Cl)cc1. The third-order valence-electron chi connectivity index (χ3n) is 3.64. The van der Waals surface area contributed by atoms with Crippen molar-refractivity contribution in [1.82, 2.24) is 4.31 Å². The maximum atomic E-state index is 12.7. The van der Waals surface area contributed by atoms with Crippen molar-refractivity contribution in [2.75, 3.05) is 14.2 Å². The van der Waals surface area contributed by atoms with E-state index in [1.807, 2.05) is 25.1 Å². The van der Waals surface area contributed by atoms with Crippen LogP contribution in [-0.2, 0) is 10.0 Å². The molecule has 1 unspecified atom stereocenters. The van der Waals surface area contributed by atoms with Crippen molar-refractivity contribution in [1.29, 1.82) is 0 Å². The summed E-state index contributed by atoms with van der Waals surface area (Å²) in [5.74, 6) is 0.612. The highest BCUT2D eigenvalue weighted by Gasteiger charge is 2.27. The van der Waals surface area contributed by atoms with Crippen LogP contribution in [0.3, 0.4) is 0 Å². The summed E-state index contributed by atoms with van der Waals surface area (Å²) >= 11 is 6.16. The van der Waals surface area contributed by atoms with Gasteiger partial charge in [0.05, 0.1) is 12.0 Å². The smallest absolute Gasteiger partial charge is 0.243 e. The van der Waals surface area contributed by atoms with Crippen molar-refractivity contribution in [2.24, 2.45) is 0 Å². The van der Waals surface area contributed by atoms with Crippen molar-refractivity contribution in [3.05, 3.63) is 59.1 Å². The molecule has 0 aliphatic heterocycles. The minimum Gasteiger partial charge on any atom is -0.497 e. The van der Waals surface area contributed by atoms with Gasteiger partial charge in [0.2, 0.25) is 10.0 Å². The van der Waals surface area contributed by atoms with Crippen LogP contribution in [0.5, 0.6) is 5.75 Å². The molecule has 0 aromatic heterocycles. The van der Waals surface area contributed by atoms with Crippen LogP contribution in [0.25, 0.3) is 0 Å². The van der Waals surface area contributed by atoms with Gasteiger partial charge in [-0.3, -0.25) is 0 Å². The Hall–Kier alpha value is -1.56. The summed E-state index contributed by atoms with van der Waals surface area (Å²) in [5, 5.41) is 0.548. The molecule has 0 bridgehead atoms.